The summed E-state index contributed by atoms with van der Waals surface area (Å²) in [6, 6.07) is 9.44. The molecule has 8 N–H and O–H groups in total. The van der Waals surface area contributed by atoms with Crippen molar-refractivity contribution in [3.05, 3.63) is 82.1 Å². The third kappa shape index (κ3) is 8.12. The highest BCUT2D eigenvalue weighted by molar-refractivity contribution is 5.44. The van der Waals surface area contributed by atoms with Crippen LogP contribution >= 0.6 is 0 Å². The number of aromatic hydroxyl groups is 1. The highest BCUT2D eigenvalue weighted by Crippen LogP contribution is 2.62. The number of benzene rings is 1. The van der Waals surface area contributed by atoms with Crippen LogP contribution in [0.1, 0.15) is 122 Å². The summed E-state index contributed by atoms with van der Waals surface area (Å²) in [6.07, 6.45) is 16.1. The molecule has 1 spiro atoms. The van der Waals surface area contributed by atoms with Crippen LogP contribution in [0, 0.1) is 11.3 Å². The molecule has 6 unspecified atom stereocenters. The van der Waals surface area contributed by atoms with Crippen LogP contribution in [0.4, 0.5) is 0 Å². The predicted octanol–water partition coefficient (Wildman–Crippen LogP) is 6.05. The number of furan rings is 1. The van der Waals surface area contributed by atoms with E-state index in [4.69, 9.17) is 14.9 Å². The number of unbranched alkanes of at least 4 members (excludes halogenated alkanes) is 4. The van der Waals surface area contributed by atoms with E-state index in [-0.39, 0.29) is 30.3 Å². The molecule has 0 radical (unpaired) electrons. The molecule has 2 bridgehead atoms. The van der Waals surface area contributed by atoms with E-state index in [1.165, 1.54) is 30.5 Å². The van der Waals surface area contributed by atoms with Crippen molar-refractivity contribution in [2.24, 2.45) is 17.1 Å². The molecule has 6 atom stereocenters. The molecule has 0 saturated heterocycles. The first-order chi connectivity index (χ1) is 23.8. The zero-order valence-electron chi connectivity index (χ0n) is 29.1. The molecule has 49 heavy (non-hydrogen) atoms. The number of hydrogen-bond donors (Lipinski definition) is 7. The van der Waals surface area contributed by atoms with Gasteiger partial charge in [0.25, 0.3) is 0 Å². The molecule has 3 aromatic rings. The summed E-state index contributed by atoms with van der Waals surface area (Å²) in [6.45, 7) is 3.86. The summed E-state index contributed by atoms with van der Waals surface area (Å²) >= 11 is 0. The van der Waals surface area contributed by atoms with E-state index in [2.05, 4.69) is 28.5 Å². The third-order valence-corrected chi connectivity index (χ3v) is 11.3. The zero-order chi connectivity index (χ0) is 34.4. The van der Waals surface area contributed by atoms with Crippen molar-refractivity contribution >= 4 is 0 Å². The summed E-state index contributed by atoms with van der Waals surface area (Å²) in [5.74, 6) is 3.31. The summed E-state index contributed by atoms with van der Waals surface area (Å²) in [5, 5.41) is 45.2. The second-order valence-electron chi connectivity index (χ2n) is 14.8. The van der Waals surface area contributed by atoms with Gasteiger partial charge in [0.15, 0.2) is 11.5 Å². The molecule has 7 rings (SSSR count). The molecular formula is C40H57N3O6. The lowest BCUT2D eigenvalue weighted by Gasteiger charge is -2.41. The molecule has 9 heteroatoms. The minimum absolute atomic E-state index is 0.00322. The normalized spacial score (nSPS) is 23.7. The van der Waals surface area contributed by atoms with Crippen molar-refractivity contribution in [3.8, 4) is 11.5 Å². The summed E-state index contributed by atoms with van der Waals surface area (Å²) in [4.78, 5) is 3.60. The van der Waals surface area contributed by atoms with Gasteiger partial charge in [0.05, 0.1) is 12.7 Å². The third-order valence-electron chi connectivity index (χ3n) is 11.3. The number of aryl methyl sites for hydroxylation is 3. The molecular weight excluding hydrogens is 618 g/mol. The number of hydrogen-bond acceptors (Lipinski definition) is 8. The number of aliphatic hydroxyl groups is 3. The van der Waals surface area contributed by atoms with Crippen LogP contribution < -0.4 is 15.8 Å². The van der Waals surface area contributed by atoms with Gasteiger partial charge < -0.3 is 45.6 Å². The number of nitrogens with two attached hydrogens (primary N) is 1. The molecule has 1 fully saturated rings. The average Bonchev–Trinajstić information content (AvgIpc) is 3.81. The number of phenolic OH excluding ortho intramolecular Hbond substituents is 1. The Morgan fingerprint density at radius 3 is 2.73 bits per heavy atom. The van der Waals surface area contributed by atoms with E-state index < -0.39 is 12.2 Å². The maximum absolute atomic E-state index is 11.3. The molecule has 0 amide bonds. The lowest BCUT2D eigenvalue weighted by molar-refractivity contribution is 0.103. The average molecular weight is 676 g/mol. The van der Waals surface area contributed by atoms with Gasteiger partial charge in [0, 0.05) is 54.7 Å². The lowest BCUT2D eigenvalue weighted by Crippen LogP contribution is -2.39. The Kier molecular flexibility index (Phi) is 11.9. The summed E-state index contributed by atoms with van der Waals surface area (Å²) < 4.78 is 12.2. The summed E-state index contributed by atoms with van der Waals surface area (Å²) in [7, 11) is 0. The van der Waals surface area contributed by atoms with E-state index in [0.29, 0.717) is 37.0 Å². The van der Waals surface area contributed by atoms with Gasteiger partial charge in [0.2, 0.25) is 0 Å². The molecule has 4 aliphatic carbocycles. The van der Waals surface area contributed by atoms with Gasteiger partial charge in [-0.05, 0) is 98.7 Å². The van der Waals surface area contributed by atoms with Crippen LogP contribution in [-0.2, 0) is 25.9 Å². The predicted molar refractivity (Wildman–Crippen MR) is 191 cm³/mol. The van der Waals surface area contributed by atoms with Gasteiger partial charge in [-0.15, -0.1) is 0 Å². The number of H-pyrrole nitrogens is 1. The quantitative estimate of drug-likeness (QED) is 0.0598. The molecule has 1 aromatic carbocycles. The minimum Gasteiger partial charge on any atom is -0.504 e. The Balaban J connectivity index is 1.08. The number of allylic oxidation sites excluding steroid dienone is 2. The van der Waals surface area contributed by atoms with Crippen molar-refractivity contribution in [3.63, 3.8) is 0 Å². The van der Waals surface area contributed by atoms with Gasteiger partial charge in [-0.25, -0.2) is 0 Å². The number of aromatic nitrogens is 1. The minimum atomic E-state index is -0.889. The smallest absolute Gasteiger partial charge is 0.161 e. The Labute approximate surface area is 291 Å². The topological polar surface area (TPSA) is 157 Å². The monoisotopic (exact) mass is 675 g/mol. The van der Waals surface area contributed by atoms with Crippen LogP contribution in [-0.4, -0.2) is 57.8 Å². The van der Waals surface area contributed by atoms with E-state index in [1.54, 1.807) is 6.07 Å². The molecule has 2 aromatic heterocycles. The first-order valence-electron chi connectivity index (χ1n) is 18.7. The highest BCUT2D eigenvalue weighted by Gasteiger charge is 2.53. The van der Waals surface area contributed by atoms with Crippen LogP contribution in [0.25, 0.3) is 0 Å². The standard InChI is InChI=1S/C40H57N3O6/c1-26(45)22-42-23-33-32-21-34(43-39(32)28-14-16-40(33)15-7-8-30(40)19-28)36(47)25-48-38-18-27(11-13-35(38)46)10-12-31-20-29(24-44)37(49-31)9-5-3-2-4-6-17-41/h11,13-14,16,18,20-21,26,28,30,33,36,42-47H,2-10,12,15,17,19,22-25,41H2,1H3. The second kappa shape index (κ2) is 16.3. The number of aliphatic hydroxyl groups excluding tert-OH is 3. The molecule has 4 aliphatic rings. The molecule has 1 saturated carbocycles. The number of rotatable bonds is 19. The number of nitrogens with one attached hydrogen (secondary N) is 2. The first-order valence-corrected chi connectivity index (χ1v) is 18.7. The van der Waals surface area contributed by atoms with Crippen molar-refractivity contribution in [2.45, 2.75) is 115 Å². The van der Waals surface area contributed by atoms with Gasteiger partial charge in [0.1, 0.15) is 24.2 Å². The fourth-order valence-corrected chi connectivity index (χ4v) is 8.78. The van der Waals surface area contributed by atoms with Crippen molar-refractivity contribution < 1.29 is 29.6 Å². The number of ether oxygens (including phenoxy) is 1. The molecule has 268 valence electrons. The van der Waals surface area contributed by atoms with Crippen LogP contribution in [0.3, 0.4) is 0 Å². The van der Waals surface area contributed by atoms with Crippen LogP contribution in [0.2, 0.25) is 0 Å². The maximum Gasteiger partial charge on any atom is 0.161 e. The first kappa shape index (κ1) is 35.7. The Morgan fingerprint density at radius 2 is 1.92 bits per heavy atom. The highest BCUT2D eigenvalue weighted by atomic mass is 16.5. The Bertz CT molecular complexity index is 1540. The SMILES string of the molecule is CC(O)CNCC1c2cc(C(O)COc3cc(CCc4cc(CO)c(CCCCCCCN)o4)ccc3O)[nH]c2C2C=CC13CCCC3C2. The largest absolute Gasteiger partial charge is 0.504 e. The Hall–Kier alpha value is -3.08. The van der Waals surface area contributed by atoms with E-state index in [9.17, 15) is 20.4 Å². The van der Waals surface area contributed by atoms with Crippen LogP contribution in [0.5, 0.6) is 11.5 Å². The molecule has 0 aliphatic heterocycles. The van der Waals surface area contributed by atoms with Gasteiger partial charge in [-0.1, -0.05) is 43.9 Å². The zero-order valence-corrected chi connectivity index (χ0v) is 29.1. The molecule has 2 heterocycles. The molecule has 9 nitrogen and oxygen atoms in total. The lowest BCUT2D eigenvalue weighted by atomic mass is 9.64. The van der Waals surface area contributed by atoms with E-state index >= 15 is 0 Å². The van der Waals surface area contributed by atoms with Gasteiger partial charge in [-0.3, -0.25) is 0 Å². The maximum atomic E-state index is 11.3. The fourth-order valence-electron chi connectivity index (χ4n) is 8.78. The van der Waals surface area contributed by atoms with Crippen molar-refractivity contribution in [1.29, 1.82) is 0 Å². The Morgan fingerprint density at radius 1 is 1.08 bits per heavy atom. The van der Waals surface area contributed by atoms with Crippen LogP contribution in [0.15, 0.2) is 46.9 Å². The fraction of sp³-hybridized carbons (Fsp3) is 0.600. The van der Waals surface area contributed by atoms with E-state index in [0.717, 1.165) is 86.4 Å². The number of aromatic amines is 1. The van der Waals surface area contributed by atoms with Crippen molar-refractivity contribution in [1.82, 2.24) is 10.3 Å². The number of phenols is 1. The van der Waals surface area contributed by atoms with E-state index in [1.807, 2.05) is 25.1 Å². The second-order valence-corrected chi connectivity index (χ2v) is 14.8. The van der Waals surface area contributed by atoms with Gasteiger partial charge in [-0.2, -0.15) is 0 Å². The van der Waals surface area contributed by atoms with Crippen molar-refractivity contribution in [2.75, 3.05) is 26.2 Å². The van der Waals surface area contributed by atoms with Gasteiger partial charge >= 0.3 is 0 Å². The summed E-state index contributed by atoms with van der Waals surface area (Å²) in [5.41, 5.74) is 10.7.